The Bertz CT molecular complexity index is 1090. The molecule has 0 spiro atoms. The molecule has 0 bridgehead atoms. The molecule has 0 unspecified atom stereocenters. The molecule has 0 aliphatic carbocycles. The van der Waals surface area contributed by atoms with Crippen molar-refractivity contribution in [2.45, 2.75) is 13.8 Å². The molecule has 1 saturated heterocycles. The number of benzene rings is 1. The predicted molar refractivity (Wildman–Crippen MR) is 122 cm³/mol. The number of esters is 1. The molecule has 3 rings (SSSR count). The molecule has 0 radical (unpaired) electrons. The van der Waals surface area contributed by atoms with Crippen LogP contribution in [-0.2, 0) is 9.47 Å². The first kappa shape index (κ1) is 24.1. The molecule has 2 heterocycles. The van der Waals surface area contributed by atoms with Crippen molar-refractivity contribution in [1.82, 2.24) is 5.32 Å². The molecular formula is C21H24N4O7S. The second-order valence-electron chi connectivity index (χ2n) is 7.07. The molecule has 1 aliphatic rings. The Labute approximate surface area is 193 Å². The molecule has 1 aromatic carbocycles. The molecule has 176 valence electrons. The summed E-state index contributed by atoms with van der Waals surface area (Å²) in [6, 6.07) is 4.06. The third kappa shape index (κ3) is 5.12. The quantitative estimate of drug-likeness (QED) is 0.353. The van der Waals surface area contributed by atoms with Crippen molar-refractivity contribution in [1.29, 1.82) is 0 Å². The van der Waals surface area contributed by atoms with Crippen LogP contribution in [0.25, 0.3) is 0 Å². The summed E-state index contributed by atoms with van der Waals surface area (Å²) in [6.07, 6.45) is 0. The molecule has 11 nitrogen and oxygen atoms in total. The number of hydrogen-bond donors (Lipinski definition) is 2. The first-order chi connectivity index (χ1) is 15.8. The van der Waals surface area contributed by atoms with Gasteiger partial charge in [-0.25, -0.2) is 4.79 Å². The zero-order chi connectivity index (χ0) is 24.1. The predicted octanol–water partition coefficient (Wildman–Crippen LogP) is 2.59. The molecule has 1 aliphatic heterocycles. The molecule has 0 saturated carbocycles. The maximum atomic E-state index is 13.3. The summed E-state index contributed by atoms with van der Waals surface area (Å²) < 4.78 is 10.5. The fourth-order valence-corrected chi connectivity index (χ4v) is 4.59. The summed E-state index contributed by atoms with van der Waals surface area (Å²) in [5, 5.41) is 16.6. The summed E-state index contributed by atoms with van der Waals surface area (Å²) >= 11 is 0.936. The number of non-ortho nitro benzene ring substituents is 1. The highest BCUT2D eigenvalue weighted by Crippen LogP contribution is 2.35. The number of nitrogens with one attached hydrogen (secondary N) is 2. The number of nitro benzene ring substituents is 1. The van der Waals surface area contributed by atoms with E-state index in [2.05, 4.69) is 10.6 Å². The van der Waals surface area contributed by atoms with Crippen molar-refractivity contribution in [3.8, 4) is 0 Å². The van der Waals surface area contributed by atoms with Gasteiger partial charge in [0.05, 0.1) is 46.4 Å². The smallest absolute Gasteiger partial charge is 0.341 e. The van der Waals surface area contributed by atoms with Gasteiger partial charge < -0.3 is 25.0 Å². The summed E-state index contributed by atoms with van der Waals surface area (Å²) in [5.74, 6) is -1.73. The maximum absolute atomic E-state index is 13.3. The van der Waals surface area contributed by atoms with E-state index in [1.807, 2.05) is 4.90 Å². The van der Waals surface area contributed by atoms with Gasteiger partial charge in [-0.15, -0.1) is 11.3 Å². The van der Waals surface area contributed by atoms with Gasteiger partial charge in [0.1, 0.15) is 5.00 Å². The van der Waals surface area contributed by atoms with Crippen LogP contribution in [0.15, 0.2) is 18.2 Å². The van der Waals surface area contributed by atoms with E-state index in [1.54, 1.807) is 13.8 Å². The van der Waals surface area contributed by atoms with Gasteiger partial charge in [0.25, 0.3) is 17.5 Å². The van der Waals surface area contributed by atoms with E-state index in [4.69, 9.17) is 9.47 Å². The second-order valence-corrected chi connectivity index (χ2v) is 8.09. The van der Waals surface area contributed by atoms with E-state index in [0.717, 1.165) is 11.3 Å². The van der Waals surface area contributed by atoms with Gasteiger partial charge in [0, 0.05) is 32.3 Å². The Morgan fingerprint density at radius 2 is 1.94 bits per heavy atom. The number of anilines is 2. The van der Waals surface area contributed by atoms with E-state index in [-0.39, 0.29) is 33.3 Å². The van der Waals surface area contributed by atoms with Crippen molar-refractivity contribution in [2.75, 3.05) is 50.2 Å². The van der Waals surface area contributed by atoms with Gasteiger partial charge in [0.15, 0.2) is 0 Å². The number of thiophene rings is 1. The van der Waals surface area contributed by atoms with Crippen LogP contribution in [-0.4, -0.2) is 62.7 Å². The van der Waals surface area contributed by atoms with Gasteiger partial charge in [-0.2, -0.15) is 0 Å². The van der Waals surface area contributed by atoms with Crippen molar-refractivity contribution in [3.63, 3.8) is 0 Å². The van der Waals surface area contributed by atoms with E-state index >= 15 is 0 Å². The molecule has 33 heavy (non-hydrogen) atoms. The molecular weight excluding hydrogens is 452 g/mol. The third-order valence-electron chi connectivity index (χ3n) is 5.07. The van der Waals surface area contributed by atoms with Gasteiger partial charge >= 0.3 is 5.97 Å². The SMILES string of the molecule is CCOC(=O)c1c(NC(=O)c2cc([N+](=O)[O-])ccc2N2CCOCC2)sc(C(=O)NC)c1C. The van der Waals surface area contributed by atoms with E-state index < -0.39 is 22.7 Å². The Balaban J connectivity index is 2.04. The minimum Gasteiger partial charge on any atom is -0.462 e. The number of nitrogens with zero attached hydrogens (tertiary/aromatic N) is 2. The lowest BCUT2D eigenvalue weighted by atomic mass is 10.1. The van der Waals surface area contributed by atoms with Crippen molar-refractivity contribution < 1.29 is 28.8 Å². The first-order valence-electron chi connectivity index (χ1n) is 10.2. The van der Waals surface area contributed by atoms with Crippen LogP contribution in [0.4, 0.5) is 16.4 Å². The highest BCUT2D eigenvalue weighted by molar-refractivity contribution is 7.18. The Hall–Kier alpha value is -3.51. The van der Waals surface area contributed by atoms with Gasteiger partial charge in [0.2, 0.25) is 0 Å². The Morgan fingerprint density at radius 1 is 1.24 bits per heavy atom. The zero-order valence-corrected chi connectivity index (χ0v) is 19.2. The van der Waals surface area contributed by atoms with E-state index in [9.17, 15) is 24.5 Å². The minimum absolute atomic E-state index is 0.0761. The normalized spacial score (nSPS) is 13.4. The largest absolute Gasteiger partial charge is 0.462 e. The lowest BCUT2D eigenvalue weighted by Gasteiger charge is -2.30. The third-order valence-corrected chi connectivity index (χ3v) is 6.28. The standard InChI is InChI=1S/C21H24N4O7S/c1-4-32-21(28)16-12(2)17(19(27)22-3)33-20(16)23-18(26)14-11-13(25(29)30)5-6-15(14)24-7-9-31-10-8-24/h5-6,11H,4,7-10H2,1-3H3,(H,22,27)(H,23,26). The number of ether oxygens (including phenoxy) is 2. The number of morpholine rings is 1. The van der Waals surface area contributed by atoms with E-state index in [1.165, 1.54) is 25.2 Å². The Morgan fingerprint density at radius 3 is 2.55 bits per heavy atom. The molecule has 2 amide bonds. The summed E-state index contributed by atoms with van der Waals surface area (Å²) in [4.78, 5) is 51.1. The van der Waals surface area contributed by atoms with Gasteiger partial charge in [-0.3, -0.25) is 19.7 Å². The summed E-state index contributed by atoms with van der Waals surface area (Å²) in [6.45, 7) is 5.32. The minimum atomic E-state index is -0.677. The average Bonchev–Trinajstić information content (AvgIpc) is 3.14. The van der Waals surface area contributed by atoms with Gasteiger partial charge in [-0.1, -0.05) is 0 Å². The molecule has 1 aromatic heterocycles. The number of nitro groups is 1. The topological polar surface area (TPSA) is 140 Å². The number of hydrogen-bond acceptors (Lipinski definition) is 9. The molecule has 2 N–H and O–H groups in total. The van der Waals surface area contributed by atoms with Crippen molar-refractivity contribution in [2.24, 2.45) is 0 Å². The molecule has 12 heteroatoms. The number of carbonyl (C=O) groups is 3. The lowest BCUT2D eigenvalue weighted by Crippen LogP contribution is -2.37. The van der Waals surface area contributed by atoms with Crippen LogP contribution in [0.2, 0.25) is 0 Å². The van der Waals surface area contributed by atoms with Crippen molar-refractivity contribution >= 4 is 45.5 Å². The van der Waals surface area contributed by atoms with E-state index in [0.29, 0.717) is 37.6 Å². The van der Waals surface area contributed by atoms with Crippen LogP contribution in [0.3, 0.4) is 0 Å². The molecule has 2 aromatic rings. The molecule has 0 atom stereocenters. The fraction of sp³-hybridized carbons (Fsp3) is 0.381. The van der Waals surface area contributed by atoms with Gasteiger partial charge in [-0.05, 0) is 25.5 Å². The van der Waals surface area contributed by atoms with Crippen molar-refractivity contribution in [3.05, 3.63) is 49.9 Å². The number of amides is 2. The summed E-state index contributed by atoms with van der Waals surface area (Å²) in [5.41, 5.74) is 0.802. The molecule has 1 fully saturated rings. The second kappa shape index (κ2) is 10.4. The van der Waals surface area contributed by atoms with Crippen LogP contribution in [0, 0.1) is 17.0 Å². The van der Waals surface area contributed by atoms with Crippen LogP contribution >= 0.6 is 11.3 Å². The highest BCUT2D eigenvalue weighted by Gasteiger charge is 2.28. The zero-order valence-electron chi connectivity index (χ0n) is 18.4. The van der Waals surface area contributed by atoms with Crippen LogP contribution < -0.4 is 15.5 Å². The fourth-order valence-electron chi connectivity index (χ4n) is 3.45. The lowest BCUT2D eigenvalue weighted by molar-refractivity contribution is -0.384. The maximum Gasteiger partial charge on any atom is 0.341 e. The highest BCUT2D eigenvalue weighted by atomic mass is 32.1. The monoisotopic (exact) mass is 476 g/mol. The Kier molecular flexibility index (Phi) is 7.61. The summed E-state index contributed by atoms with van der Waals surface area (Å²) in [7, 11) is 1.46. The van der Waals surface area contributed by atoms with Crippen LogP contribution in [0.5, 0.6) is 0 Å². The van der Waals surface area contributed by atoms with Crippen LogP contribution in [0.1, 0.15) is 42.9 Å². The number of rotatable bonds is 7. The first-order valence-corrected chi connectivity index (χ1v) is 11.0. The number of carbonyl (C=O) groups excluding carboxylic acids is 3. The average molecular weight is 477 g/mol.